The molecule has 0 fully saturated rings. The molecule has 0 aliphatic heterocycles. The molecule has 244 valence electrons. The van der Waals surface area contributed by atoms with E-state index in [-0.39, 0.29) is 0 Å². The summed E-state index contributed by atoms with van der Waals surface area (Å²) in [6.07, 6.45) is 49.6. The third-order valence-corrected chi connectivity index (χ3v) is 10.6. The molecule has 0 amide bonds. The maximum absolute atomic E-state index is 2.34. The fourth-order valence-corrected chi connectivity index (χ4v) is 7.86. The van der Waals surface area contributed by atoms with E-state index in [1.807, 2.05) is 11.1 Å². The van der Waals surface area contributed by atoms with E-state index in [4.69, 9.17) is 0 Å². The molecule has 0 N–H and O–H groups in total. The number of hydrogen-bond donors (Lipinski definition) is 0. The fourth-order valence-electron chi connectivity index (χ4n) is 7.86. The van der Waals surface area contributed by atoms with Gasteiger partial charge in [-0.1, -0.05) is 206 Å². The second kappa shape index (κ2) is 28.5. The van der Waals surface area contributed by atoms with Crippen LogP contribution in [0.1, 0.15) is 246 Å². The van der Waals surface area contributed by atoms with Crippen molar-refractivity contribution >= 4 is 0 Å². The Morgan fingerprint density at radius 3 is 1.07 bits per heavy atom. The number of allylic oxidation sites excluding steroid dienone is 2. The fraction of sp³-hybridized carbons (Fsp3) is 0.951. The van der Waals surface area contributed by atoms with E-state index in [0.717, 1.165) is 0 Å². The third kappa shape index (κ3) is 19.6. The van der Waals surface area contributed by atoms with Gasteiger partial charge in [0.1, 0.15) is 0 Å². The molecule has 0 radical (unpaired) electrons. The van der Waals surface area contributed by atoms with Gasteiger partial charge in [0.25, 0.3) is 0 Å². The highest BCUT2D eigenvalue weighted by atomic mass is 14.4. The van der Waals surface area contributed by atoms with E-state index < -0.39 is 0 Å². The van der Waals surface area contributed by atoms with Gasteiger partial charge >= 0.3 is 0 Å². The van der Waals surface area contributed by atoms with Crippen molar-refractivity contribution in [1.82, 2.24) is 0 Å². The second-order valence-corrected chi connectivity index (χ2v) is 14.3. The maximum Gasteiger partial charge on any atom is -0.00824 e. The van der Waals surface area contributed by atoms with Gasteiger partial charge in [-0.15, -0.1) is 0 Å². The summed E-state index contributed by atoms with van der Waals surface area (Å²) in [5.41, 5.74) is 4.59. The predicted molar refractivity (Wildman–Crippen MR) is 189 cm³/mol. The summed E-state index contributed by atoms with van der Waals surface area (Å²) in [5, 5.41) is 0. The highest BCUT2D eigenvalue weighted by Gasteiger charge is 2.38. The first-order valence-electron chi connectivity index (χ1n) is 19.9. The van der Waals surface area contributed by atoms with E-state index in [1.165, 1.54) is 218 Å². The van der Waals surface area contributed by atoms with Crippen LogP contribution in [0.5, 0.6) is 0 Å². The molecular formula is C41H80. The second-order valence-electron chi connectivity index (χ2n) is 14.3. The monoisotopic (exact) mass is 573 g/mol. The normalized spacial score (nSPS) is 14.9. The highest BCUT2D eigenvalue weighted by Crippen LogP contribution is 2.53. The summed E-state index contributed by atoms with van der Waals surface area (Å²) < 4.78 is 0. The van der Waals surface area contributed by atoms with Crippen molar-refractivity contribution in [2.75, 3.05) is 0 Å². The van der Waals surface area contributed by atoms with Crippen molar-refractivity contribution in [3.05, 3.63) is 11.1 Å². The standard InChI is InChI=1S/C41H80/c1-5-9-13-17-21-25-29-33-39-35-38-41(36-31-27-23-19-15-11-7-3,37-32-28-24-20-16-12-8-4)40(39)34-30-26-22-18-14-10-6-2/h5-38H2,1-4H3. The van der Waals surface area contributed by atoms with Crippen LogP contribution in [-0.4, -0.2) is 0 Å². The van der Waals surface area contributed by atoms with Gasteiger partial charge in [0.15, 0.2) is 0 Å². The van der Waals surface area contributed by atoms with Crippen molar-refractivity contribution in [1.29, 1.82) is 0 Å². The molecule has 1 rings (SSSR count). The Kier molecular flexibility index (Phi) is 27.0. The molecule has 0 saturated heterocycles. The van der Waals surface area contributed by atoms with Crippen molar-refractivity contribution in [3.63, 3.8) is 0 Å². The number of unbranched alkanes of at least 4 members (excludes halogenated alkanes) is 24. The molecule has 0 unspecified atom stereocenters. The lowest BCUT2D eigenvalue weighted by atomic mass is 9.71. The molecule has 1 aliphatic carbocycles. The van der Waals surface area contributed by atoms with Crippen molar-refractivity contribution in [2.24, 2.45) is 5.41 Å². The molecule has 0 saturated carbocycles. The molecule has 0 aromatic rings. The Hall–Kier alpha value is -0.260. The average molecular weight is 573 g/mol. The zero-order valence-electron chi connectivity index (χ0n) is 29.5. The Labute approximate surface area is 262 Å². The Morgan fingerprint density at radius 2 is 0.683 bits per heavy atom. The van der Waals surface area contributed by atoms with Crippen LogP contribution in [0.25, 0.3) is 0 Å². The summed E-state index contributed by atoms with van der Waals surface area (Å²) in [4.78, 5) is 0. The topological polar surface area (TPSA) is 0 Å². The number of hydrogen-bond acceptors (Lipinski definition) is 0. The maximum atomic E-state index is 2.34. The lowest BCUT2D eigenvalue weighted by Gasteiger charge is -2.34. The van der Waals surface area contributed by atoms with Gasteiger partial charge in [0.05, 0.1) is 0 Å². The van der Waals surface area contributed by atoms with Gasteiger partial charge in [0, 0.05) is 0 Å². The zero-order chi connectivity index (χ0) is 29.7. The SMILES string of the molecule is CCCCCCCCCC1=C(CCCCCCCCC)C(CCCCCCCCC)(CCCCCCCCC)CC1. The van der Waals surface area contributed by atoms with Crippen molar-refractivity contribution < 1.29 is 0 Å². The molecule has 0 aromatic carbocycles. The van der Waals surface area contributed by atoms with Crippen molar-refractivity contribution in [2.45, 2.75) is 246 Å². The lowest BCUT2D eigenvalue weighted by molar-refractivity contribution is 0.265. The number of rotatable bonds is 32. The third-order valence-electron chi connectivity index (χ3n) is 10.6. The minimum atomic E-state index is 0.589. The molecule has 1 aliphatic rings. The largest absolute Gasteiger partial charge is 0.0704 e. The van der Waals surface area contributed by atoms with Crippen LogP contribution in [0.4, 0.5) is 0 Å². The van der Waals surface area contributed by atoms with Crippen LogP contribution >= 0.6 is 0 Å². The summed E-state index contributed by atoms with van der Waals surface area (Å²) in [6.45, 7) is 9.37. The quantitative estimate of drug-likeness (QED) is 0.0555. The highest BCUT2D eigenvalue weighted by molar-refractivity contribution is 5.29. The molecular weight excluding hydrogens is 492 g/mol. The van der Waals surface area contributed by atoms with Crippen LogP contribution in [0, 0.1) is 5.41 Å². The molecule has 41 heavy (non-hydrogen) atoms. The molecule has 0 atom stereocenters. The predicted octanol–water partition coefficient (Wildman–Crippen LogP) is 15.6. The molecule has 0 aromatic heterocycles. The minimum Gasteiger partial charge on any atom is -0.0704 e. The van der Waals surface area contributed by atoms with E-state index in [0.29, 0.717) is 5.41 Å². The average Bonchev–Trinajstić information content (AvgIpc) is 3.32. The Morgan fingerprint density at radius 1 is 0.366 bits per heavy atom. The lowest BCUT2D eigenvalue weighted by Crippen LogP contribution is -2.21. The molecule has 0 bridgehead atoms. The summed E-state index contributed by atoms with van der Waals surface area (Å²) in [5.74, 6) is 0. The van der Waals surface area contributed by atoms with Gasteiger partial charge in [-0.3, -0.25) is 0 Å². The van der Waals surface area contributed by atoms with Crippen LogP contribution in [-0.2, 0) is 0 Å². The zero-order valence-corrected chi connectivity index (χ0v) is 29.5. The Bertz CT molecular complexity index is 551. The molecule has 0 nitrogen and oxygen atoms in total. The van der Waals surface area contributed by atoms with E-state index in [9.17, 15) is 0 Å². The van der Waals surface area contributed by atoms with Gasteiger partial charge in [-0.05, 0) is 56.8 Å². The Balaban J connectivity index is 2.79. The van der Waals surface area contributed by atoms with Crippen LogP contribution < -0.4 is 0 Å². The first-order chi connectivity index (χ1) is 20.2. The summed E-state index contributed by atoms with van der Waals surface area (Å²) >= 11 is 0. The van der Waals surface area contributed by atoms with Crippen LogP contribution in [0.3, 0.4) is 0 Å². The van der Waals surface area contributed by atoms with Gasteiger partial charge in [-0.2, -0.15) is 0 Å². The van der Waals surface area contributed by atoms with Gasteiger partial charge in [0.2, 0.25) is 0 Å². The van der Waals surface area contributed by atoms with Crippen LogP contribution in [0.2, 0.25) is 0 Å². The minimum absolute atomic E-state index is 0.589. The van der Waals surface area contributed by atoms with Crippen LogP contribution in [0.15, 0.2) is 11.1 Å². The molecule has 0 heteroatoms. The molecule has 0 spiro atoms. The first kappa shape index (κ1) is 38.8. The van der Waals surface area contributed by atoms with E-state index in [1.54, 1.807) is 0 Å². The van der Waals surface area contributed by atoms with Gasteiger partial charge in [-0.25, -0.2) is 0 Å². The van der Waals surface area contributed by atoms with E-state index >= 15 is 0 Å². The summed E-state index contributed by atoms with van der Waals surface area (Å²) in [7, 11) is 0. The van der Waals surface area contributed by atoms with Crippen molar-refractivity contribution in [3.8, 4) is 0 Å². The smallest absolute Gasteiger partial charge is 0.00824 e. The summed E-state index contributed by atoms with van der Waals surface area (Å²) in [6, 6.07) is 0. The van der Waals surface area contributed by atoms with E-state index in [2.05, 4.69) is 27.7 Å². The first-order valence-corrected chi connectivity index (χ1v) is 19.9. The van der Waals surface area contributed by atoms with Gasteiger partial charge < -0.3 is 0 Å². The molecule has 0 heterocycles.